The van der Waals surface area contributed by atoms with Gasteiger partial charge in [0.25, 0.3) is 0 Å². The van der Waals surface area contributed by atoms with Gasteiger partial charge >= 0.3 is 0 Å². The summed E-state index contributed by atoms with van der Waals surface area (Å²) in [6, 6.07) is 4.51. The van der Waals surface area contributed by atoms with Crippen LogP contribution in [0.4, 0.5) is 5.69 Å². The maximum atomic E-state index is 12.2. The summed E-state index contributed by atoms with van der Waals surface area (Å²) in [6.07, 6.45) is 0. The number of rotatable bonds is 2. The summed E-state index contributed by atoms with van der Waals surface area (Å²) in [5, 5.41) is 8.87. The first-order chi connectivity index (χ1) is 8.05. The second-order valence-corrected chi connectivity index (χ2v) is 5.59. The van der Waals surface area contributed by atoms with Gasteiger partial charge in [-0.25, -0.2) is 8.42 Å². The molecule has 1 aliphatic heterocycles. The topological polar surface area (TPSA) is 92.9 Å². The van der Waals surface area contributed by atoms with Crippen LogP contribution in [0.5, 0.6) is 5.75 Å². The minimum absolute atomic E-state index is 0.0555. The third kappa shape index (κ3) is 2.21. The number of nitrogens with two attached hydrogens (primary N) is 1. The summed E-state index contributed by atoms with van der Waals surface area (Å²) in [5.74, 6) is 0.305. The lowest BCUT2D eigenvalue weighted by molar-refractivity contribution is 0.232. The van der Waals surface area contributed by atoms with Crippen LogP contribution in [0.3, 0.4) is 0 Å². The Kier molecular flexibility index (Phi) is 3.23. The number of nitrogen functional groups attached to an aromatic ring is 1. The van der Waals surface area contributed by atoms with Crippen molar-refractivity contribution in [3.8, 4) is 5.75 Å². The van der Waals surface area contributed by atoms with Gasteiger partial charge in [-0.2, -0.15) is 4.31 Å². The molecule has 1 aromatic rings. The van der Waals surface area contributed by atoms with E-state index in [1.54, 1.807) is 12.1 Å². The average molecular weight is 258 g/mol. The van der Waals surface area contributed by atoms with Gasteiger partial charge in [-0.1, -0.05) is 0 Å². The van der Waals surface area contributed by atoms with Crippen LogP contribution in [0.15, 0.2) is 23.1 Å². The predicted molar refractivity (Wildman–Crippen MR) is 62.2 cm³/mol. The molecular weight excluding hydrogens is 244 g/mol. The van der Waals surface area contributed by atoms with Crippen LogP contribution in [-0.2, 0) is 10.0 Å². The minimum atomic E-state index is -3.64. The fourth-order valence-corrected chi connectivity index (χ4v) is 3.29. The molecule has 17 heavy (non-hydrogen) atoms. The molecule has 2 rings (SSSR count). The molecule has 0 spiro atoms. The summed E-state index contributed by atoms with van der Waals surface area (Å²) in [5.41, 5.74) is 5.95. The van der Waals surface area contributed by atoms with E-state index in [2.05, 4.69) is 0 Å². The van der Waals surface area contributed by atoms with E-state index in [9.17, 15) is 8.42 Å². The third-order valence-corrected chi connectivity index (χ3v) is 4.45. The fourth-order valence-electron chi connectivity index (χ4n) is 1.71. The molecule has 7 heteroatoms. The lowest BCUT2D eigenvalue weighted by Crippen LogP contribution is -2.34. The van der Waals surface area contributed by atoms with Crippen LogP contribution in [0, 0.1) is 0 Å². The molecule has 0 bridgehead atoms. The standard InChI is InChI=1S/C10H14N2O4S/c11-8-1-2-9-10(7-8)17(14,15)12(3-5-13)4-6-16-9/h1-2,7,13H,3-6,11H2. The van der Waals surface area contributed by atoms with Crippen molar-refractivity contribution in [3.63, 3.8) is 0 Å². The van der Waals surface area contributed by atoms with Crippen molar-refractivity contribution in [1.82, 2.24) is 4.31 Å². The second kappa shape index (κ2) is 4.52. The molecule has 0 radical (unpaired) electrons. The molecule has 0 amide bonds. The number of fused-ring (bicyclic) bond motifs is 1. The Labute approximate surface area is 99.7 Å². The maximum Gasteiger partial charge on any atom is 0.247 e. The summed E-state index contributed by atoms with van der Waals surface area (Å²) < 4.78 is 31.0. The normalized spacial score (nSPS) is 19.1. The molecule has 94 valence electrons. The van der Waals surface area contributed by atoms with Crippen molar-refractivity contribution in [2.75, 3.05) is 32.0 Å². The molecule has 0 fully saturated rings. The lowest BCUT2D eigenvalue weighted by Gasteiger charge is -2.17. The predicted octanol–water partition coefficient (Wildman–Crippen LogP) is -0.356. The lowest BCUT2D eigenvalue weighted by atomic mass is 10.3. The molecule has 0 unspecified atom stereocenters. The van der Waals surface area contributed by atoms with Gasteiger partial charge in [0.15, 0.2) is 0 Å². The minimum Gasteiger partial charge on any atom is -0.491 e. The van der Waals surface area contributed by atoms with Crippen molar-refractivity contribution in [2.24, 2.45) is 0 Å². The number of hydrogen-bond donors (Lipinski definition) is 2. The highest BCUT2D eigenvalue weighted by Gasteiger charge is 2.30. The van der Waals surface area contributed by atoms with Gasteiger partial charge in [0.2, 0.25) is 10.0 Å². The quantitative estimate of drug-likeness (QED) is 0.707. The number of ether oxygens (including phenoxy) is 1. The van der Waals surface area contributed by atoms with Gasteiger partial charge in [-0.05, 0) is 18.2 Å². The average Bonchev–Trinajstić information content (AvgIpc) is 2.39. The first-order valence-electron chi connectivity index (χ1n) is 5.19. The molecule has 0 aromatic heterocycles. The molecule has 6 nitrogen and oxygen atoms in total. The Morgan fingerprint density at radius 1 is 1.47 bits per heavy atom. The van der Waals surface area contributed by atoms with Crippen molar-refractivity contribution >= 4 is 15.7 Å². The van der Waals surface area contributed by atoms with Crippen LogP contribution in [0.1, 0.15) is 0 Å². The Balaban J connectivity index is 2.52. The zero-order valence-electron chi connectivity index (χ0n) is 9.17. The molecule has 0 aliphatic carbocycles. The fraction of sp³-hybridized carbons (Fsp3) is 0.400. The highest BCUT2D eigenvalue weighted by Crippen LogP contribution is 2.30. The molecule has 0 saturated heterocycles. The number of anilines is 1. The smallest absolute Gasteiger partial charge is 0.247 e. The van der Waals surface area contributed by atoms with Gasteiger partial charge in [0, 0.05) is 18.8 Å². The number of nitrogens with zero attached hydrogens (tertiary/aromatic N) is 1. The van der Waals surface area contributed by atoms with Gasteiger partial charge in [0.05, 0.1) is 6.61 Å². The van der Waals surface area contributed by atoms with Crippen molar-refractivity contribution in [1.29, 1.82) is 0 Å². The number of sulfonamides is 1. The Morgan fingerprint density at radius 3 is 2.94 bits per heavy atom. The zero-order chi connectivity index (χ0) is 12.5. The van der Waals surface area contributed by atoms with Crippen LogP contribution in [0.2, 0.25) is 0 Å². The van der Waals surface area contributed by atoms with Crippen LogP contribution in [0.25, 0.3) is 0 Å². The Morgan fingerprint density at radius 2 is 2.24 bits per heavy atom. The molecule has 3 N–H and O–H groups in total. The Bertz CT molecular complexity index is 515. The van der Waals surface area contributed by atoms with Crippen LogP contribution in [-0.4, -0.2) is 44.1 Å². The van der Waals surface area contributed by atoms with Gasteiger partial charge < -0.3 is 15.6 Å². The summed E-state index contributed by atoms with van der Waals surface area (Å²) in [6.45, 7) is 0.310. The van der Waals surface area contributed by atoms with E-state index >= 15 is 0 Å². The number of benzene rings is 1. The van der Waals surface area contributed by atoms with Crippen LogP contribution >= 0.6 is 0 Å². The van der Waals surface area contributed by atoms with E-state index in [0.717, 1.165) is 0 Å². The third-order valence-electron chi connectivity index (χ3n) is 2.53. The molecule has 1 heterocycles. The number of aliphatic hydroxyl groups is 1. The summed E-state index contributed by atoms with van der Waals surface area (Å²) in [4.78, 5) is 0.0588. The summed E-state index contributed by atoms with van der Waals surface area (Å²) >= 11 is 0. The Hall–Kier alpha value is -1.31. The van der Waals surface area contributed by atoms with E-state index in [1.165, 1.54) is 10.4 Å². The van der Waals surface area contributed by atoms with Gasteiger partial charge in [0.1, 0.15) is 17.3 Å². The van der Waals surface area contributed by atoms with Crippen molar-refractivity contribution in [2.45, 2.75) is 4.90 Å². The first-order valence-corrected chi connectivity index (χ1v) is 6.63. The maximum absolute atomic E-state index is 12.2. The molecule has 1 aromatic carbocycles. The SMILES string of the molecule is Nc1ccc2c(c1)S(=O)(=O)N(CCO)CCO2. The van der Waals surface area contributed by atoms with Crippen LogP contribution < -0.4 is 10.5 Å². The zero-order valence-corrected chi connectivity index (χ0v) is 9.98. The second-order valence-electron chi connectivity index (χ2n) is 3.68. The highest BCUT2D eigenvalue weighted by molar-refractivity contribution is 7.89. The monoisotopic (exact) mass is 258 g/mol. The van der Waals surface area contributed by atoms with E-state index in [1.807, 2.05) is 0 Å². The number of β-amino-alcohol motifs (C(OH)–C–C–N with tert-alkyl or cyclic N) is 1. The van der Waals surface area contributed by atoms with Crippen molar-refractivity contribution in [3.05, 3.63) is 18.2 Å². The van der Waals surface area contributed by atoms with Gasteiger partial charge in [-0.3, -0.25) is 0 Å². The molecule has 0 saturated carbocycles. The van der Waals surface area contributed by atoms with Gasteiger partial charge in [-0.15, -0.1) is 0 Å². The number of aliphatic hydroxyl groups excluding tert-OH is 1. The summed E-state index contributed by atoms with van der Waals surface area (Å²) in [7, 11) is -3.64. The first kappa shape index (κ1) is 12.2. The highest BCUT2D eigenvalue weighted by atomic mass is 32.2. The number of hydrogen-bond acceptors (Lipinski definition) is 5. The molecule has 1 aliphatic rings. The molecular formula is C10H14N2O4S. The van der Waals surface area contributed by atoms with E-state index < -0.39 is 10.0 Å². The van der Waals surface area contributed by atoms with E-state index in [4.69, 9.17) is 15.6 Å². The van der Waals surface area contributed by atoms with Crippen molar-refractivity contribution < 1.29 is 18.3 Å². The largest absolute Gasteiger partial charge is 0.491 e. The van der Waals surface area contributed by atoms with E-state index in [-0.39, 0.29) is 31.2 Å². The van der Waals surface area contributed by atoms with E-state index in [0.29, 0.717) is 11.4 Å². The molecule has 0 atom stereocenters.